The number of methoxy groups -OCH3 is 1. The third-order valence-electron chi connectivity index (χ3n) is 4.02. The Hall–Kier alpha value is -2.34. The van der Waals surface area contributed by atoms with Gasteiger partial charge in [-0.15, -0.1) is 12.4 Å². The molecule has 0 aliphatic carbocycles. The summed E-state index contributed by atoms with van der Waals surface area (Å²) in [6.45, 7) is 1.44. The Morgan fingerprint density at radius 2 is 1.89 bits per heavy atom. The van der Waals surface area contributed by atoms with Crippen molar-refractivity contribution in [3.05, 3.63) is 88.5 Å². The first-order valence-electron chi connectivity index (χ1n) is 8.50. The van der Waals surface area contributed by atoms with Gasteiger partial charge >= 0.3 is 0 Å². The van der Waals surface area contributed by atoms with Crippen LogP contribution in [0.25, 0.3) is 0 Å². The zero-order valence-corrected chi connectivity index (χ0v) is 16.9. The van der Waals surface area contributed by atoms with Gasteiger partial charge in [0.25, 0.3) is 0 Å². The molecule has 3 aromatic rings. The minimum Gasteiger partial charge on any atom is -0.493 e. The van der Waals surface area contributed by atoms with Crippen LogP contribution in [0.2, 0.25) is 5.02 Å². The Morgan fingerprint density at radius 1 is 1.04 bits per heavy atom. The van der Waals surface area contributed by atoms with E-state index in [1.165, 1.54) is 12.1 Å². The Labute approximate surface area is 175 Å². The first kappa shape index (κ1) is 22.0. The SMILES string of the molecule is COc1cccc(CNCc2ccccn2)c1OCc1ccc(F)cc1Cl.Cl. The predicted octanol–water partition coefficient (Wildman–Crippen LogP) is 5.17. The molecular weight excluding hydrogens is 402 g/mol. The number of ether oxygens (including phenoxy) is 2. The number of rotatable bonds is 8. The van der Waals surface area contributed by atoms with Crippen LogP contribution in [0.5, 0.6) is 11.5 Å². The summed E-state index contributed by atoms with van der Waals surface area (Å²) in [5.41, 5.74) is 2.61. The fourth-order valence-corrected chi connectivity index (χ4v) is 2.86. The van der Waals surface area contributed by atoms with Gasteiger partial charge in [-0.25, -0.2) is 4.39 Å². The first-order valence-corrected chi connectivity index (χ1v) is 8.88. The van der Waals surface area contributed by atoms with Crippen molar-refractivity contribution in [2.24, 2.45) is 0 Å². The summed E-state index contributed by atoms with van der Waals surface area (Å²) in [5, 5.41) is 3.69. The van der Waals surface area contributed by atoms with Gasteiger partial charge in [0.05, 0.1) is 17.8 Å². The van der Waals surface area contributed by atoms with Crippen molar-refractivity contribution in [3.63, 3.8) is 0 Å². The highest BCUT2D eigenvalue weighted by molar-refractivity contribution is 6.31. The lowest BCUT2D eigenvalue weighted by Crippen LogP contribution is -2.14. The fraction of sp³-hybridized carbons (Fsp3) is 0.190. The quantitative estimate of drug-likeness (QED) is 0.543. The standard InChI is InChI=1S/C21H20ClFN2O2.ClH/c1-26-20-7-4-5-15(12-24-13-18-6-2-3-10-25-18)21(20)27-14-16-8-9-17(23)11-19(16)22;/h2-11,24H,12-14H2,1H3;1H. The number of hydrogen-bond acceptors (Lipinski definition) is 4. The summed E-state index contributed by atoms with van der Waals surface area (Å²) in [7, 11) is 1.60. The molecule has 0 saturated heterocycles. The summed E-state index contributed by atoms with van der Waals surface area (Å²) in [4.78, 5) is 4.30. The lowest BCUT2D eigenvalue weighted by atomic mass is 10.1. The van der Waals surface area contributed by atoms with Crippen LogP contribution in [0.1, 0.15) is 16.8 Å². The molecule has 4 nitrogen and oxygen atoms in total. The van der Waals surface area contributed by atoms with Gasteiger partial charge in [-0.3, -0.25) is 4.98 Å². The zero-order chi connectivity index (χ0) is 19.1. The highest BCUT2D eigenvalue weighted by Crippen LogP contribution is 2.32. The van der Waals surface area contributed by atoms with Gasteiger partial charge < -0.3 is 14.8 Å². The molecule has 0 fully saturated rings. The Kier molecular flexibility index (Phi) is 8.51. The number of pyridine rings is 1. The van der Waals surface area contributed by atoms with Crippen LogP contribution >= 0.6 is 24.0 Å². The van der Waals surface area contributed by atoms with E-state index in [9.17, 15) is 4.39 Å². The topological polar surface area (TPSA) is 43.4 Å². The second kappa shape index (κ2) is 10.9. The van der Waals surface area contributed by atoms with Crippen LogP contribution in [-0.4, -0.2) is 12.1 Å². The van der Waals surface area contributed by atoms with E-state index in [1.54, 1.807) is 19.4 Å². The van der Waals surface area contributed by atoms with Crippen LogP contribution < -0.4 is 14.8 Å². The van der Waals surface area contributed by atoms with E-state index in [0.717, 1.165) is 11.3 Å². The molecule has 0 saturated carbocycles. The zero-order valence-electron chi connectivity index (χ0n) is 15.3. The molecule has 28 heavy (non-hydrogen) atoms. The first-order chi connectivity index (χ1) is 13.2. The highest BCUT2D eigenvalue weighted by Gasteiger charge is 2.12. The lowest BCUT2D eigenvalue weighted by molar-refractivity contribution is 0.280. The van der Waals surface area contributed by atoms with Crippen molar-refractivity contribution in [2.45, 2.75) is 19.7 Å². The number of nitrogens with one attached hydrogen (secondary N) is 1. The van der Waals surface area contributed by atoms with Crippen molar-refractivity contribution in [2.75, 3.05) is 7.11 Å². The molecule has 0 spiro atoms. The molecule has 3 rings (SSSR count). The van der Waals surface area contributed by atoms with Crippen LogP contribution in [-0.2, 0) is 19.7 Å². The largest absolute Gasteiger partial charge is 0.493 e. The van der Waals surface area contributed by atoms with Gasteiger partial charge in [-0.2, -0.15) is 0 Å². The molecule has 2 aromatic carbocycles. The van der Waals surface area contributed by atoms with Crippen LogP contribution in [0.4, 0.5) is 4.39 Å². The van der Waals surface area contributed by atoms with E-state index in [1.807, 2.05) is 36.4 Å². The highest BCUT2D eigenvalue weighted by atomic mass is 35.5. The van der Waals surface area contributed by atoms with Gasteiger partial charge in [0.2, 0.25) is 0 Å². The lowest BCUT2D eigenvalue weighted by Gasteiger charge is -2.16. The number of hydrogen-bond donors (Lipinski definition) is 1. The van der Waals surface area contributed by atoms with E-state index >= 15 is 0 Å². The molecule has 0 aliphatic heterocycles. The van der Waals surface area contributed by atoms with E-state index in [2.05, 4.69) is 10.3 Å². The van der Waals surface area contributed by atoms with E-state index in [0.29, 0.717) is 35.2 Å². The van der Waals surface area contributed by atoms with Crippen LogP contribution in [0.15, 0.2) is 60.8 Å². The minimum atomic E-state index is -0.375. The molecule has 0 amide bonds. The van der Waals surface area contributed by atoms with Gasteiger partial charge in [-0.05, 0) is 30.3 Å². The molecular formula is C21H21Cl2FN2O2. The van der Waals surface area contributed by atoms with E-state index in [-0.39, 0.29) is 24.8 Å². The molecule has 0 unspecified atom stereocenters. The van der Waals surface area contributed by atoms with E-state index in [4.69, 9.17) is 21.1 Å². The summed E-state index contributed by atoms with van der Waals surface area (Å²) >= 11 is 6.09. The van der Waals surface area contributed by atoms with Gasteiger partial charge in [0.1, 0.15) is 12.4 Å². The fourth-order valence-electron chi connectivity index (χ4n) is 2.64. The maximum atomic E-state index is 13.2. The van der Waals surface area contributed by atoms with Gasteiger partial charge in [0.15, 0.2) is 11.5 Å². The average Bonchev–Trinajstić information content (AvgIpc) is 2.68. The predicted molar refractivity (Wildman–Crippen MR) is 111 cm³/mol. The molecule has 0 aliphatic rings. The van der Waals surface area contributed by atoms with Gasteiger partial charge in [-0.1, -0.05) is 35.9 Å². The molecule has 1 aromatic heterocycles. The van der Waals surface area contributed by atoms with E-state index < -0.39 is 0 Å². The molecule has 0 atom stereocenters. The molecule has 0 radical (unpaired) electrons. The second-order valence-corrected chi connectivity index (χ2v) is 6.30. The molecule has 148 valence electrons. The monoisotopic (exact) mass is 422 g/mol. The smallest absolute Gasteiger partial charge is 0.166 e. The average molecular weight is 423 g/mol. The van der Waals surface area contributed by atoms with Crippen LogP contribution in [0, 0.1) is 5.82 Å². The Bertz CT molecular complexity index is 895. The molecule has 1 N–H and O–H groups in total. The number of nitrogens with zero attached hydrogens (tertiary/aromatic N) is 1. The molecule has 7 heteroatoms. The van der Waals surface area contributed by atoms with Crippen molar-refractivity contribution in [1.82, 2.24) is 10.3 Å². The number of halogens is 3. The molecule has 1 heterocycles. The second-order valence-electron chi connectivity index (χ2n) is 5.90. The van der Waals surface area contributed by atoms with Crippen molar-refractivity contribution in [3.8, 4) is 11.5 Å². The van der Waals surface area contributed by atoms with Gasteiger partial charge in [0, 0.05) is 30.4 Å². The Balaban J connectivity index is 0.00000280. The Morgan fingerprint density at radius 3 is 2.61 bits per heavy atom. The van der Waals surface area contributed by atoms with Crippen molar-refractivity contribution >= 4 is 24.0 Å². The van der Waals surface area contributed by atoms with Crippen molar-refractivity contribution in [1.29, 1.82) is 0 Å². The summed E-state index contributed by atoms with van der Waals surface area (Å²) in [6.07, 6.45) is 1.77. The number of benzene rings is 2. The minimum absolute atomic E-state index is 0. The summed E-state index contributed by atoms with van der Waals surface area (Å²) in [6, 6.07) is 15.8. The summed E-state index contributed by atoms with van der Waals surface area (Å²) < 4.78 is 24.6. The number of para-hydroxylation sites is 1. The summed E-state index contributed by atoms with van der Waals surface area (Å²) in [5.74, 6) is 0.889. The third kappa shape index (κ3) is 5.83. The normalized spacial score (nSPS) is 10.2. The third-order valence-corrected chi connectivity index (χ3v) is 4.37. The van der Waals surface area contributed by atoms with Crippen molar-refractivity contribution < 1.29 is 13.9 Å². The maximum absolute atomic E-state index is 13.2. The molecule has 0 bridgehead atoms. The number of aromatic nitrogens is 1. The van der Waals surface area contributed by atoms with Crippen LogP contribution in [0.3, 0.4) is 0 Å². The maximum Gasteiger partial charge on any atom is 0.166 e.